The third-order valence-corrected chi connectivity index (χ3v) is 4.19. The van der Waals surface area contributed by atoms with Crippen molar-refractivity contribution < 1.29 is 14.3 Å². The molecule has 136 valence electrons. The monoisotopic (exact) mass is 351 g/mol. The summed E-state index contributed by atoms with van der Waals surface area (Å²) in [6, 6.07) is 17.8. The first-order valence-corrected chi connectivity index (χ1v) is 9.12. The molecule has 2 aromatic carbocycles. The van der Waals surface area contributed by atoms with Crippen molar-refractivity contribution in [2.24, 2.45) is 0 Å². The van der Waals surface area contributed by atoms with Gasteiger partial charge < -0.3 is 9.47 Å². The fourth-order valence-electron chi connectivity index (χ4n) is 2.71. The summed E-state index contributed by atoms with van der Waals surface area (Å²) in [4.78, 5) is 10.00. The van der Waals surface area contributed by atoms with Crippen molar-refractivity contribution in [1.82, 2.24) is 0 Å². The van der Waals surface area contributed by atoms with Crippen LogP contribution < -0.4 is 4.74 Å². The van der Waals surface area contributed by atoms with E-state index in [4.69, 9.17) is 10.00 Å². The van der Waals surface area contributed by atoms with Gasteiger partial charge in [-0.05, 0) is 48.2 Å². The van der Waals surface area contributed by atoms with Crippen LogP contribution in [0, 0.1) is 11.3 Å². The molecule has 0 spiro atoms. The molecular formula is C22H25NO3. The predicted molar refractivity (Wildman–Crippen MR) is 102 cm³/mol. The number of rotatable bonds is 12. The molecule has 0 N–H and O–H groups in total. The number of benzene rings is 2. The Balaban J connectivity index is 1.62. The topological polar surface area (TPSA) is 59.3 Å². The molecule has 0 aliphatic rings. The lowest BCUT2D eigenvalue weighted by atomic mass is 10.0. The van der Waals surface area contributed by atoms with Gasteiger partial charge >= 0.3 is 0 Å². The van der Waals surface area contributed by atoms with Crippen molar-refractivity contribution in [3.8, 4) is 22.9 Å². The van der Waals surface area contributed by atoms with E-state index in [0.29, 0.717) is 18.6 Å². The Labute approximate surface area is 155 Å². The summed E-state index contributed by atoms with van der Waals surface area (Å²) in [5, 5.41) is 8.85. The van der Waals surface area contributed by atoms with Crippen molar-refractivity contribution in [2.45, 2.75) is 38.5 Å². The van der Waals surface area contributed by atoms with Gasteiger partial charge in [-0.2, -0.15) is 5.26 Å². The van der Waals surface area contributed by atoms with Crippen LogP contribution in [0.1, 0.15) is 44.1 Å². The average Bonchev–Trinajstić information content (AvgIpc) is 2.70. The molecule has 4 nitrogen and oxygen atoms in total. The number of nitriles is 1. The predicted octanol–water partition coefficient (Wildman–Crippen LogP) is 5.12. The lowest BCUT2D eigenvalue weighted by molar-refractivity contribution is -0.128. The van der Waals surface area contributed by atoms with Crippen LogP contribution in [0.4, 0.5) is 0 Å². The van der Waals surface area contributed by atoms with Gasteiger partial charge in [-0.25, -0.2) is 0 Å². The molecular weight excluding hydrogens is 326 g/mol. The van der Waals surface area contributed by atoms with Crippen LogP contribution in [-0.2, 0) is 9.53 Å². The molecule has 0 heterocycles. The standard InChI is InChI=1S/C22H25NO3/c23-17-19-7-9-20(10-8-19)21-11-13-22(14-12-21)26-16-6-4-2-1-3-5-15-25-18-24/h7-14,18H,1-6,15-16H2. The minimum absolute atomic E-state index is 0.508. The highest BCUT2D eigenvalue weighted by Crippen LogP contribution is 2.23. The van der Waals surface area contributed by atoms with E-state index in [0.717, 1.165) is 49.2 Å². The van der Waals surface area contributed by atoms with Crippen LogP contribution in [0.2, 0.25) is 0 Å². The first kappa shape index (κ1) is 19.5. The number of ether oxygens (including phenoxy) is 2. The molecule has 0 saturated heterocycles. The van der Waals surface area contributed by atoms with Gasteiger partial charge in [-0.1, -0.05) is 49.9 Å². The minimum atomic E-state index is 0.508. The molecule has 0 bridgehead atoms. The zero-order valence-corrected chi connectivity index (χ0v) is 15.0. The van der Waals surface area contributed by atoms with Crippen molar-refractivity contribution in [3.05, 3.63) is 54.1 Å². The third-order valence-electron chi connectivity index (χ3n) is 4.19. The van der Waals surface area contributed by atoms with Gasteiger partial charge in [0.05, 0.1) is 24.8 Å². The van der Waals surface area contributed by atoms with E-state index in [2.05, 4.69) is 10.8 Å². The first-order valence-electron chi connectivity index (χ1n) is 9.12. The summed E-state index contributed by atoms with van der Waals surface area (Å²) in [6.45, 7) is 1.77. The maximum Gasteiger partial charge on any atom is 0.293 e. The van der Waals surface area contributed by atoms with Gasteiger partial charge in [0.15, 0.2) is 0 Å². The van der Waals surface area contributed by atoms with Gasteiger partial charge in [-0.3, -0.25) is 4.79 Å². The summed E-state index contributed by atoms with van der Waals surface area (Å²) >= 11 is 0. The number of hydrogen-bond donors (Lipinski definition) is 0. The zero-order chi connectivity index (χ0) is 18.5. The average molecular weight is 351 g/mol. The van der Waals surface area contributed by atoms with E-state index in [1.807, 2.05) is 48.5 Å². The van der Waals surface area contributed by atoms with E-state index in [-0.39, 0.29) is 0 Å². The van der Waals surface area contributed by atoms with Gasteiger partial charge in [-0.15, -0.1) is 0 Å². The molecule has 0 aromatic heterocycles. The summed E-state index contributed by atoms with van der Waals surface area (Å²) in [5.41, 5.74) is 2.87. The second-order valence-electron chi connectivity index (χ2n) is 6.15. The maximum absolute atomic E-state index is 10.00. The normalized spacial score (nSPS) is 10.1. The summed E-state index contributed by atoms with van der Waals surface area (Å²) in [7, 11) is 0. The highest BCUT2D eigenvalue weighted by atomic mass is 16.5. The molecule has 0 saturated carbocycles. The van der Waals surface area contributed by atoms with Crippen molar-refractivity contribution in [3.63, 3.8) is 0 Å². The number of carbonyl (C=O) groups excluding carboxylic acids is 1. The zero-order valence-electron chi connectivity index (χ0n) is 15.0. The highest BCUT2D eigenvalue weighted by Gasteiger charge is 2.00. The number of carbonyl (C=O) groups is 1. The molecule has 0 fully saturated rings. The van der Waals surface area contributed by atoms with Crippen LogP contribution in [0.3, 0.4) is 0 Å². The van der Waals surface area contributed by atoms with E-state index in [1.54, 1.807) is 0 Å². The Hall–Kier alpha value is -2.80. The van der Waals surface area contributed by atoms with Crippen molar-refractivity contribution >= 4 is 6.47 Å². The Kier molecular flexibility index (Phi) is 8.79. The molecule has 2 rings (SSSR count). The maximum atomic E-state index is 10.00. The van der Waals surface area contributed by atoms with Crippen LogP contribution >= 0.6 is 0 Å². The SMILES string of the molecule is N#Cc1ccc(-c2ccc(OCCCCCCCCOC=O)cc2)cc1. The summed E-state index contributed by atoms with van der Waals surface area (Å²) in [5.74, 6) is 0.883. The van der Waals surface area contributed by atoms with E-state index < -0.39 is 0 Å². The Bertz CT molecular complexity index is 687. The molecule has 4 heteroatoms. The number of unbranched alkanes of at least 4 members (excludes halogenated alkanes) is 5. The van der Waals surface area contributed by atoms with Crippen molar-refractivity contribution in [1.29, 1.82) is 5.26 Å². The molecule has 0 aliphatic carbocycles. The lowest BCUT2D eigenvalue weighted by Gasteiger charge is -2.08. The molecule has 0 radical (unpaired) electrons. The second kappa shape index (κ2) is 11.7. The van der Waals surface area contributed by atoms with Gasteiger partial charge in [0.25, 0.3) is 6.47 Å². The van der Waals surface area contributed by atoms with E-state index in [1.165, 1.54) is 12.8 Å². The lowest BCUT2D eigenvalue weighted by Crippen LogP contribution is -1.97. The van der Waals surface area contributed by atoms with Crippen LogP contribution in [0.25, 0.3) is 11.1 Å². The second-order valence-corrected chi connectivity index (χ2v) is 6.15. The first-order chi connectivity index (χ1) is 12.8. The number of hydrogen-bond acceptors (Lipinski definition) is 4. The summed E-state index contributed by atoms with van der Waals surface area (Å²) < 4.78 is 10.5. The largest absolute Gasteiger partial charge is 0.494 e. The molecule has 26 heavy (non-hydrogen) atoms. The third kappa shape index (κ3) is 6.98. The van der Waals surface area contributed by atoms with Crippen molar-refractivity contribution in [2.75, 3.05) is 13.2 Å². The Morgan fingerprint density at radius 1 is 0.769 bits per heavy atom. The smallest absolute Gasteiger partial charge is 0.293 e. The highest BCUT2D eigenvalue weighted by molar-refractivity contribution is 5.64. The Morgan fingerprint density at radius 3 is 1.88 bits per heavy atom. The number of nitrogens with zero attached hydrogens (tertiary/aromatic N) is 1. The van der Waals surface area contributed by atoms with Gasteiger partial charge in [0.1, 0.15) is 5.75 Å². The van der Waals surface area contributed by atoms with Crippen LogP contribution in [0.5, 0.6) is 5.75 Å². The Morgan fingerprint density at radius 2 is 1.31 bits per heavy atom. The minimum Gasteiger partial charge on any atom is -0.494 e. The van der Waals surface area contributed by atoms with Crippen LogP contribution in [0.15, 0.2) is 48.5 Å². The van der Waals surface area contributed by atoms with E-state index in [9.17, 15) is 4.79 Å². The quantitative estimate of drug-likeness (QED) is 0.393. The van der Waals surface area contributed by atoms with Crippen LogP contribution in [-0.4, -0.2) is 19.7 Å². The van der Waals surface area contributed by atoms with E-state index >= 15 is 0 Å². The molecule has 2 aromatic rings. The van der Waals surface area contributed by atoms with Gasteiger partial charge in [0.2, 0.25) is 0 Å². The molecule has 0 unspecified atom stereocenters. The fourth-order valence-corrected chi connectivity index (χ4v) is 2.71. The van der Waals surface area contributed by atoms with Gasteiger partial charge in [0, 0.05) is 0 Å². The summed E-state index contributed by atoms with van der Waals surface area (Å²) in [6.07, 6.45) is 6.59. The molecule has 0 aliphatic heterocycles. The molecule has 0 amide bonds. The fraction of sp³-hybridized carbons (Fsp3) is 0.364. The molecule has 0 atom stereocenters.